The minimum Gasteiger partial charge on any atom is -0.461 e. The molecule has 152 valence electrons. The molecule has 0 fully saturated rings. The Hall–Kier alpha value is -2.68. The second-order valence-electron chi connectivity index (χ2n) is 6.38. The van der Waals surface area contributed by atoms with Crippen LogP contribution in [0.2, 0.25) is 5.02 Å². The summed E-state index contributed by atoms with van der Waals surface area (Å²) in [5, 5.41) is 4.66. The lowest BCUT2D eigenvalue weighted by Crippen LogP contribution is -2.16. The Morgan fingerprint density at radius 2 is 1.90 bits per heavy atom. The number of benzene rings is 1. The van der Waals surface area contributed by atoms with E-state index in [-0.39, 0.29) is 5.91 Å². The Bertz CT molecular complexity index is 1200. The van der Waals surface area contributed by atoms with Crippen molar-refractivity contribution < 1.29 is 9.21 Å². The van der Waals surface area contributed by atoms with Crippen LogP contribution in [0.4, 0.5) is 5.13 Å². The molecule has 4 aromatic rings. The maximum Gasteiger partial charge on any atom is 0.262 e. The Labute approximate surface area is 186 Å². The smallest absolute Gasteiger partial charge is 0.262 e. The van der Waals surface area contributed by atoms with E-state index in [1.807, 2.05) is 37.4 Å². The highest BCUT2D eigenvalue weighted by Crippen LogP contribution is 2.32. The fraction of sp³-hybridized carbons (Fsp3) is 0.143. The van der Waals surface area contributed by atoms with Gasteiger partial charge in [-0.15, -0.1) is 23.1 Å². The highest BCUT2D eigenvalue weighted by Gasteiger charge is 2.21. The van der Waals surface area contributed by atoms with Crippen molar-refractivity contribution in [1.29, 1.82) is 0 Å². The molecule has 9 heteroatoms. The van der Waals surface area contributed by atoms with Crippen molar-refractivity contribution in [2.24, 2.45) is 0 Å². The average molecular weight is 457 g/mol. The molecule has 0 aliphatic rings. The van der Waals surface area contributed by atoms with Gasteiger partial charge in [0.05, 0.1) is 23.2 Å². The van der Waals surface area contributed by atoms with Crippen molar-refractivity contribution in [1.82, 2.24) is 15.0 Å². The summed E-state index contributed by atoms with van der Waals surface area (Å²) in [6, 6.07) is 11.0. The maximum absolute atomic E-state index is 13.0. The van der Waals surface area contributed by atoms with E-state index in [4.69, 9.17) is 16.0 Å². The lowest BCUT2D eigenvalue weighted by atomic mass is 10.1. The summed E-state index contributed by atoms with van der Waals surface area (Å²) in [5.41, 5.74) is 2.77. The molecule has 0 aliphatic carbocycles. The normalized spacial score (nSPS) is 10.9. The van der Waals surface area contributed by atoms with Crippen LogP contribution in [-0.2, 0) is 0 Å². The Balaban J connectivity index is 1.63. The summed E-state index contributed by atoms with van der Waals surface area (Å²) in [6.45, 7) is 3.76. The number of amides is 1. The molecule has 3 heterocycles. The van der Waals surface area contributed by atoms with Gasteiger partial charge in [-0.25, -0.2) is 15.0 Å². The lowest BCUT2D eigenvalue weighted by Gasteiger charge is -2.10. The molecule has 1 aromatic carbocycles. The first-order chi connectivity index (χ1) is 14.5. The van der Waals surface area contributed by atoms with Crippen LogP contribution in [0.15, 0.2) is 52.1 Å². The van der Waals surface area contributed by atoms with Gasteiger partial charge in [-0.05, 0) is 44.4 Å². The molecule has 4 rings (SSSR count). The van der Waals surface area contributed by atoms with Crippen LogP contribution in [0.1, 0.15) is 20.9 Å². The zero-order valence-electron chi connectivity index (χ0n) is 16.4. The summed E-state index contributed by atoms with van der Waals surface area (Å²) < 4.78 is 5.38. The molecule has 30 heavy (non-hydrogen) atoms. The van der Waals surface area contributed by atoms with Crippen molar-refractivity contribution in [3.63, 3.8) is 0 Å². The third-order valence-corrected chi connectivity index (χ3v) is 6.17. The van der Waals surface area contributed by atoms with E-state index in [1.54, 1.807) is 25.3 Å². The first kappa shape index (κ1) is 20.6. The number of aryl methyl sites for hydroxylation is 2. The minimum absolute atomic E-state index is 0.292. The first-order valence-electron chi connectivity index (χ1n) is 8.97. The van der Waals surface area contributed by atoms with E-state index in [0.717, 1.165) is 16.1 Å². The van der Waals surface area contributed by atoms with Gasteiger partial charge in [0, 0.05) is 15.5 Å². The number of hydrogen-bond donors (Lipinski definition) is 1. The quantitative estimate of drug-likeness (QED) is 0.288. The fourth-order valence-corrected chi connectivity index (χ4v) is 4.54. The van der Waals surface area contributed by atoms with Crippen LogP contribution in [0.5, 0.6) is 0 Å². The van der Waals surface area contributed by atoms with Crippen LogP contribution in [0.3, 0.4) is 0 Å². The molecular weight excluding hydrogens is 440 g/mol. The van der Waals surface area contributed by atoms with Gasteiger partial charge in [0.25, 0.3) is 5.91 Å². The van der Waals surface area contributed by atoms with E-state index >= 15 is 0 Å². The molecule has 0 spiro atoms. The molecule has 0 saturated carbocycles. The number of aromatic nitrogens is 3. The largest absolute Gasteiger partial charge is 0.461 e. The first-order valence-corrected chi connectivity index (χ1v) is 11.4. The Kier molecular flexibility index (Phi) is 5.90. The number of furan rings is 1. The number of halogens is 1. The van der Waals surface area contributed by atoms with Gasteiger partial charge in [-0.2, -0.15) is 0 Å². The zero-order valence-corrected chi connectivity index (χ0v) is 18.8. The van der Waals surface area contributed by atoms with Crippen molar-refractivity contribution >= 4 is 45.7 Å². The number of anilines is 1. The van der Waals surface area contributed by atoms with Gasteiger partial charge < -0.3 is 4.42 Å². The zero-order chi connectivity index (χ0) is 21.3. The fourth-order valence-electron chi connectivity index (χ4n) is 2.96. The van der Waals surface area contributed by atoms with Crippen LogP contribution in [-0.4, -0.2) is 27.1 Å². The van der Waals surface area contributed by atoms with Gasteiger partial charge in [0.1, 0.15) is 5.03 Å². The number of nitrogens with one attached hydrogen (secondary N) is 1. The summed E-state index contributed by atoms with van der Waals surface area (Å²) in [7, 11) is 0. The van der Waals surface area contributed by atoms with E-state index in [0.29, 0.717) is 38.0 Å². The molecule has 0 bridgehead atoms. The minimum atomic E-state index is -0.292. The van der Waals surface area contributed by atoms with Crippen LogP contribution in [0, 0.1) is 13.8 Å². The van der Waals surface area contributed by atoms with E-state index in [9.17, 15) is 4.79 Å². The number of nitrogens with zero attached hydrogens (tertiary/aromatic N) is 3. The molecule has 0 atom stereocenters. The molecule has 0 saturated heterocycles. The number of carbonyl (C=O) groups excluding carboxylic acids is 1. The maximum atomic E-state index is 13.0. The number of hydrogen-bond acceptors (Lipinski definition) is 7. The molecule has 6 nitrogen and oxygen atoms in total. The number of thiazole rings is 1. The SMILES string of the molecule is CSc1nc(-c2ccco2)nc(C)c1C(=O)Nc1nc(-c2ccc(Cl)cc2)c(C)s1. The molecule has 3 aromatic heterocycles. The van der Waals surface area contributed by atoms with Crippen molar-refractivity contribution in [2.45, 2.75) is 18.9 Å². The van der Waals surface area contributed by atoms with Crippen LogP contribution >= 0.6 is 34.7 Å². The second-order valence-corrected chi connectivity index (χ2v) is 8.81. The molecule has 0 radical (unpaired) electrons. The van der Waals surface area contributed by atoms with Gasteiger partial charge in [-0.1, -0.05) is 23.7 Å². The standard InChI is InChI=1S/C21H17ClN4O2S2/c1-11-16(20(29-3)25-18(23-11)15-5-4-10-28-15)19(27)26-21-24-17(12(2)30-21)13-6-8-14(22)9-7-13/h4-10H,1-3H3,(H,24,26,27). The molecule has 1 amide bonds. The van der Waals surface area contributed by atoms with Crippen molar-refractivity contribution in [3.05, 3.63) is 63.8 Å². The van der Waals surface area contributed by atoms with Crippen molar-refractivity contribution in [3.8, 4) is 22.8 Å². The predicted molar refractivity (Wildman–Crippen MR) is 122 cm³/mol. The van der Waals surface area contributed by atoms with Crippen LogP contribution < -0.4 is 5.32 Å². The van der Waals surface area contributed by atoms with Crippen LogP contribution in [0.25, 0.3) is 22.8 Å². The Morgan fingerprint density at radius 3 is 2.57 bits per heavy atom. The van der Waals surface area contributed by atoms with Gasteiger partial charge in [0.15, 0.2) is 16.7 Å². The molecule has 0 aliphatic heterocycles. The summed E-state index contributed by atoms with van der Waals surface area (Å²) in [4.78, 5) is 27.6. The van der Waals surface area contributed by atoms with Gasteiger partial charge in [0.2, 0.25) is 0 Å². The summed E-state index contributed by atoms with van der Waals surface area (Å²) in [6.07, 6.45) is 3.44. The average Bonchev–Trinajstić information content (AvgIpc) is 3.38. The lowest BCUT2D eigenvalue weighted by molar-refractivity contribution is 0.102. The summed E-state index contributed by atoms with van der Waals surface area (Å²) in [5.74, 6) is 0.719. The van der Waals surface area contributed by atoms with E-state index in [1.165, 1.54) is 23.1 Å². The highest BCUT2D eigenvalue weighted by molar-refractivity contribution is 7.98. The second kappa shape index (κ2) is 8.59. The van der Waals surface area contributed by atoms with E-state index in [2.05, 4.69) is 20.3 Å². The summed E-state index contributed by atoms with van der Waals surface area (Å²) >= 11 is 8.77. The van der Waals surface area contributed by atoms with Crippen molar-refractivity contribution in [2.75, 3.05) is 11.6 Å². The number of thioether (sulfide) groups is 1. The highest BCUT2D eigenvalue weighted by atomic mass is 35.5. The third kappa shape index (κ3) is 4.12. The Morgan fingerprint density at radius 1 is 1.13 bits per heavy atom. The van der Waals surface area contributed by atoms with Gasteiger partial charge >= 0.3 is 0 Å². The topological polar surface area (TPSA) is 80.9 Å². The number of carbonyl (C=O) groups is 1. The van der Waals surface area contributed by atoms with Gasteiger partial charge in [-0.3, -0.25) is 10.1 Å². The molecular formula is C21H17ClN4O2S2. The molecule has 0 unspecified atom stereocenters. The van der Waals surface area contributed by atoms with E-state index < -0.39 is 0 Å². The third-order valence-electron chi connectivity index (χ3n) is 4.35. The molecule has 1 N–H and O–H groups in total. The monoisotopic (exact) mass is 456 g/mol. The predicted octanol–water partition coefficient (Wildman–Crippen LogP) is 6.10. The number of rotatable bonds is 5.